The van der Waals surface area contributed by atoms with Gasteiger partial charge in [0, 0.05) is 32.2 Å². The van der Waals surface area contributed by atoms with Crippen molar-refractivity contribution in [3.05, 3.63) is 22.2 Å². The van der Waals surface area contributed by atoms with Gasteiger partial charge in [0.25, 0.3) is 0 Å². The molecule has 0 atom stereocenters. The highest BCUT2D eigenvalue weighted by Crippen LogP contribution is 2.34. The highest BCUT2D eigenvalue weighted by Gasteiger charge is 2.30. The highest BCUT2D eigenvalue weighted by atomic mass is 35.5. The van der Waals surface area contributed by atoms with Gasteiger partial charge in [-0.2, -0.15) is 4.31 Å². The average Bonchev–Trinajstić information content (AvgIpc) is 2.49. The molecule has 0 aromatic heterocycles. The predicted molar refractivity (Wildman–Crippen MR) is 83.9 cm³/mol. The molecule has 0 aliphatic carbocycles. The fraction of sp³-hybridized carbons (Fsp3) is 0.538. The first-order chi connectivity index (χ1) is 9.90. The van der Waals surface area contributed by atoms with Gasteiger partial charge in [0.1, 0.15) is 10.6 Å². The molecule has 1 fully saturated rings. The zero-order valence-electron chi connectivity index (χ0n) is 12.0. The minimum atomic E-state index is -3.64. The lowest BCUT2D eigenvalue weighted by Gasteiger charge is -2.33. The summed E-state index contributed by atoms with van der Waals surface area (Å²) in [4.78, 5) is 2.23. The summed E-state index contributed by atoms with van der Waals surface area (Å²) < 4.78 is 31.8. The van der Waals surface area contributed by atoms with Crippen molar-refractivity contribution < 1.29 is 13.2 Å². The Kier molecular flexibility index (Phi) is 5.38. The molecular weight excluding hydrogens is 335 g/mol. The number of sulfonamides is 1. The topological polar surface area (TPSA) is 49.9 Å². The van der Waals surface area contributed by atoms with Gasteiger partial charge < -0.3 is 9.64 Å². The first-order valence-corrected chi connectivity index (χ1v) is 8.85. The predicted octanol–water partition coefficient (Wildman–Crippen LogP) is 2.33. The van der Waals surface area contributed by atoms with Crippen LogP contribution in [0.15, 0.2) is 17.0 Å². The molecule has 0 N–H and O–H groups in total. The standard InChI is InChI=1S/C13H18Cl2N2O3S/c1-3-16-4-6-17(7-5-16)21(18,19)13-9-10(14)12(20-2)8-11(13)15/h8-9H,3-7H2,1-2H3. The second kappa shape index (κ2) is 6.71. The van der Waals surface area contributed by atoms with E-state index in [-0.39, 0.29) is 14.9 Å². The van der Waals surface area contributed by atoms with Gasteiger partial charge in [0.2, 0.25) is 10.0 Å². The molecule has 1 aromatic carbocycles. The van der Waals surface area contributed by atoms with Crippen molar-refractivity contribution in [3.8, 4) is 5.75 Å². The zero-order chi connectivity index (χ0) is 15.6. The van der Waals surface area contributed by atoms with Crippen molar-refractivity contribution >= 4 is 33.2 Å². The van der Waals surface area contributed by atoms with E-state index in [1.807, 2.05) is 0 Å². The fourth-order valence-electron chi connectivity index (χ4n) is 2.29. The van der Waals surface area contributed by atoms with Crippen LogP contribution in [-0.2, 0) is 10.0 Å². The van der Waals surface area contributed by atoms with Crippen LogP contribution in [0.3, 0.4) is 0 Å². The third-order valence-electron chi connectivity index (χ3n) is 3.60. The SMILES string of the molecule is CCN1CCN(S(=O)(=O)c2cc(Cl)c(OC)cc2Cl)CC1. The smallest absolute Gasteiger partial charge is 0.244 e. The number of hydrogen-bond donors (Lipinski definition) is 0. The summed E-state index contributed by atoms with van der Waals surface area (Å²) >= 11 is 12.1. The highest BCUT2D eigenvalue weighted by molar-refractivity contribution is 7.89. The summed E-state index contributed by atoms with van der Waals surface area (Å²) in [5.41, 5.74) is 0. The Bertz CT molecular complexity index is 614. The van der Waals surface area contributed by atoms with E-state index in [1.165, 1.54) is 23.5 Å². The number of nitrogens with zero attached hydrogens (tertiary/aromatic N) is 2. The van der Waals surface area contributed by atoms with Gasteiger partial charge >= 0.3 is 0 Å². The van der Waals surface area contributed by atoms with Crippen LogP contribution < -0.4 is 4.74 Å². The number of halogens is 2. The van der Waals surface area contributed by atoms with Crippen molar-refractivity contribution in [3.63, 3.8) is 0 Å². The summed E-state index contributed by atoms with van der Waals surface area (Å²) in [6, 6.07) is 2.78. The van der Waals surface area contributed by atoms with Crippen molar-refractivity contribution in [1.29, 1.82) is 0 Å². The molecule has 0 unspecified atom stereocenters. The molecule has 0 saturated carbocycles. The van der Waals surface area contributed by atoms with Gasteiger partial charge in [-0.05, 0) is 12.6 Å². The number of ether oxygens (including phenoxy) is 1. The number of benzene rings is 1. The molecule has 2 rings (SSSR count). The Morgan fingerprint density at radius 3 is 2.29 bits per heavy atom. The quantitative estimate of drug-likeness (QED) is 0.834. The lowest BCUT2D eigenvalue weighted by Crippen LogP contribution is -2.48. The number of methoxy groups -OCH3 is 1. The van der Waals surface area contributed by atoms with Crippen LogP contribution in [0.2, 0.25) is 10.0 Å². The lowest BCUT2D eigenvalue weighted by atomic mass is 10.3. The zero-order valence-corrected chi connectivity index (χ0v) is 14.3. The molecule has 8 heteroatoms. The largest absolute Gasteiger partial charge is 0.495 e. The summed E-state index contributed by atoms with van der Waals surface area (Å²) in [7, 11) is -2.18. The Labute approximate surface area is 135 Å². The minimum Gasteiger partial charge on any atom is -0.495 e. The van der Waals surface area contributed by atoms with Crippen LogP contribution in [0.1, 0.15) is 6.92 Å². The first kappa shape index (κ1) is 16.8. The number of piperazine rings is 1. The minimum absolute atomic E-state index is 0.0277. The Morgan fingerprint density at radius 1 is 1.14 bits per heavy atom. The van der Waals surface area contributed by atoms with Gasteiger partial charge in [-0.3, -0.25) is 0 Å². The van der Waals surface area contributed by atoms with E-state index < -0.39 is 10.0 Å². The normalized spacial score (nSPS) is 17.9. The molecule has 0 bridgehead atoms. The van der Waals surface area contributed by atoms with E-state index in [1.54, 1.807) is 0 Å². The molecule has 1 aliphatic rings. The molecule has 5 nitrogen and oxygen atoms in total. The molecule has 0 spiro atoms. The second-order valence-corrected chi connectivity index (χ2v) is 7.48. The monoisotopic (exact) mass is 352 g/mol. The van der Waals surface area contributed by atoms with Crippen LogP contribution in [0.25, 0.3) is 0 Å². The van der Waals surface area contributed by atoms with Gasteiger partial charge in [-0.1, -0.05) is 30.1 Å². The molecule has 21 heavy (non-hydrogen) atoms. The molecular formula is C13H18Cl2N2O3S. The van der Waals surface area contributed by atoms with E-state index in [4.69, 9.17) is 27.9 Å². The van der Waals surface area contributed by atoms with E-state index in [0.29, 0.717) is 18.8 Å². The molecule has 1 aromatic rings. The van der Waals surface area contributed by atoms with E-state index in [2.05, 4.69) is 11.8 Å². The van der Waals surface area contributed by atoms with Crippen LogP contribution >= 0.6 is 23.2 Å². The third-order valence-corrected chi connectivity index (χ3v) is 6.26. The maximum atomic E-state index is 12.7. The maximum absolute atomic E-state index is 12.7. The molecule has 118 valence electrons. The van der Waals surface area contributed by atoms with Crippen LogP contribution in [0, 0.1) is 0 Å². The molecule has 1 heterocycles. The molecule has 1 aliphatic heterocycles. The van der Waals surface area contributed by atoms with E-state index >= 15 is 0 Å². The summed E-state index contributed by atoms with van der Waals surface area (Å²) in [5, 5.41) is 0.349. The van der Waals surface area contributed by atoms with E-state index in [9.17, 15) is 8.42 Å². The van der Waals surface area contributed by atoms with Gasteiger partial charge in [-0.15, -0.1) is 0 Å². The summed E-state index contributed by atoms with van der Waals surface area (Å²) in [5.74, 6) is 0.358. The van der Waals surface area contributed by atoms with Crippen molar-refractivity contribution in [2.75, 3.05) is 39.8 Å². The molecule has 0 radical (unpaired) electrons. The van der Waals surface area contributed by atoms with Gasteiger partial charge in [0.15, 0.2) is 0 Å². The molecule has 0 amide bonds. The van der Waals surface area contributed by atoms with Crippen LogP contribution in [0.4, 0.5) is 0 Å². The number of hydrogen-bond acceptors (Lipinski definition) is 4. The Balaban J connectivity index is 2.30. The summed E-state index contributed by atoms with van der Waals surface area (Å²) in [6.45, 7) is 5.33. The van der Waals surface area contributed by atoms with Crippen LogP contribution in [0.5, 0.6) is 5.75 Å². The second-order valence-electron chi connectivity index (χ2n) is 4.76. The van der Waals surface area contributed by atoms with Gasteiger partial charge in [-0.25, -0.2) is 8.42 Å². The third kappa shape index (κ3) is 3.46. The Hall–Kier alpha value is -0.530. The number of rotatable bonds is 4. The average molecular weight is 353 g/mol. The first-order valence-electron chi connectivity index (χ1n) is 6.65. The maximum Gasteiger partial charge on any atom is 0.244 e. The lowest BCUT2D eigenvalue weighted by molar-refractivity contribution is 0.196. The van der Waals surface area contributed by atoms with Gasteiger partial charge in [0.05, 0.1) is 17.2 Å². The molecule has 1 saturated heterocycles. The van der Waals surface area contributed by atoms with E-state index in [0.717, 1.165) is 19.6 Å². The van der Waals surface area contributed by atoms with Crippen molar-refractivity contribution in [2.24, 2.45) is 0 Å². The van der Waals surface area contributed by atoms with Crippen molar-refractivity contribution in [2.45, 2.75) is 11.8 Å². The Morgan fingerprint density at radius 2 is 1.76 bits per heavy atom. The van der Waals surface area contributed by atoms with Crippen molar-refractivity contribution in [1.82, 2.24) is 9.21 Å². The number of likely N-dealkylation sites (N-methyl/N-ethyl adjacent to an activating group) is 1. The summed E-state index contributed by atoms with van der Waals surface area (Å²) in [6.07, 6.45) is 0. The fourth-order valence-corrected chi connectivity index (χ4v) is 4.54. The van der Waals surface area contributed by atoms with Crippen LogP contribution in [-0.4, -0.2) is 57.5 Å².